The van der Waals surface area contributed by atoms with Crippen LogP contribution in [0.15, 0.2) is 24.3 Å². The molecule has 2 heterocycles. The van der Waals surface area contributed by atoms with Crippen molar-refractivity contribution in [2.45, 2.75) is 12.5 Å². The van der Waals surface area contributed by atoms with Gasteiger partial charge in [-0.3, -0.25) is 0 Å². The van der Waals surface area contributed by atoms with Crippen LogP contribution in [0.3, 0.4) is 0 Å². The van der Waals surface area contributed by atoms with Crippen LogP contribution in [0, 0.1) is 5.92 Å². The number of allylic oxidation sites excluding steroid dienone is 4. The molecule has 60 valence electrons. The zero-order valence-corrected chi connectivity index (χ0v) is 6.46. The molecule has 0 amide bonds. The van der Waals surface area contributed by atoms with E-state index in [0.717, 1.165) is 12.4 Å². The number of rotatable bonds is 0. The summed E-state index contributed by atoms with van der Waals surface area (Å²) in [5.41, 5.74) is 0. The molecule has 0 fully saturated rings. The number of hydrogen-bond donors (Lipinski definition) is 0. The number of nitrogens with zero attached hydrogens (tertiary/aromatic N) is 4. The molecular formula is C8H8N4. The third-order valence-electron chi connectivity index (χ3n) is 2.49. The molecule has 0 saturated carbocycles. The second kappa shape index (κ2) is 2.03. The van der Waals surface area contributed by atoms with Crippen LogP contribution in [0.2, 0.25) is 0 Å². The molecule has 0 bridgehead atoms. The van der Waals surface area contributed by atoms with E-state index in [-0.39, 0.29) is 0 Å². The summed E-state index contributed by atoms with van der Waals surface area (Å²) in [6, 6.07) is 0. The van der Waals surface area contributed by atoms with Crippen molar-refractivity contribution < 1.29 is 0 Å². The van der Waals surface area contributed by atoms with Crippen LogP contribution in [0.1, 0.15) is 11.7 Å². The topological polar surface area (TPSA) is 43.6 Å². The highest BCUT2D eigenvalue weighted by Gasteiger charge is 2.32. The lowest BCUT2D eigenvalue weighted by Crippen LogP contribution is -2.06. The lowest BCUT2D eigenvalue weighted by atomic mass is 9.91. The molecule has 4 nitrogen and oxygen atoms in total. The molecule has 1 aromatic rings. The van der Waals surface area contributed by atoms with Crippen molar-refractivity contribution in [3.05, 3.63) is 30.1 Å². The van der Waals surface area contributed by atoms with E-state index in [1.807, 2.05) is 4.68 Å². The largest absolute Gasteiger partial charge is 0.228 e. The quantitative estimate of drug-likeness (QED) is 0.555. The summed E-state index contributed by atoms with van der Waals surface area (Å²) in [5.74, 6) is 1.96. The normalized spacial score (nSPS) is 30.3. The van der Waals surface area contributed by atoms with Crippen molar-refractivity contribution in [2.75, 3.05) is 0 Å². The number of hydrogen-bond acceptors (Lipinski definition) is 3. The minimum atomic E-state index is 0.407. The van der Waals surface area contributed by atoms with Gasteiger partial charge in [0.15, 0.2) is 5.82 Å². The molecule has 12 heavy (non-hydrogen) atoms. The first-order valence-electron chi connectivity index (χ1n) is 4.06. The van der Waals surface area contributed by atoms with Gasteiger partial charge in [0.05, 0.1) is 6.54 Å². The fourth-order valence-electron chi connectivity index (χ4n) is 1.89. The van der Waals surface area contributed by atoms with Gasteiger partial charge in [-0.15, -0.1) is 5.10 Å². The molecule has 2 atom stereocenters. The molecule has 2 unspecified atom stereocenters. The van der Waals surface area contributed by atoms with Gasteiger partial charge in [-0.25, -0.2) is 4.68 Å². The second-order valence-corrected chi connectivity index (χ2v) is 3.18. The molecule has 0 saturated heterocycles. The summed E-state index contributed by atoms with van der Waals surface area (Å²) >= 11 is 0. The van der Waals surface area contributed by atoms with Crippen LogP contribution in [0.5, 0.6) is 0 Å². The van der Waals surface area contributed by atoms with Crippen molar-refractivity contribution in [3.8, 4) is 0 Å². The summed E-state index contributed by atoms with van der Waals surface area (Å²) < 4.78 is 1.88. The first-order valence-corrected chi connectivity index (χ1v) is 4.06. The molecule has 1 aromatic heterocycles. The number of fused-ring (bicyclic) bond motifs is 3. The third-order valence-corrected chi connectivity index (χ3v) is 2.49. The monoisotopic (exact) mass is 160 g/mol. The highest BCUT2D eigenvalue weighted by atomic mass is 15.5. The fourth-order valence-corrected chi connectivity index (χ4v) is 1.89. The van der Waals surface area contributed by atoms with E-state index < -0.39 is 0 Å². The minimum Gasteiger partial charge on any atom is -0.228 e. The summed E-state index contributed by atoms with van der Waals surface area (Å²) in [6.07, 6.45) is 8.52. The van der Waals surface area contributed by atoms with Gasteiger partial charge in [-0.05, 0) is 10.4 Å². The average molecular weight is 160 g/mol. The van der Waals surface area contributed by atoms with Gasteiger partial charge in [-0.1, -0.05) is 24.3 Å². The van der Waals surface area contributed by atoms with Crippen LogP contribution in [0.4, 0.5) is 0 Å². The Morgan fingerprint density at radius 1 is 1.33 bits per heavy atom. The summed E-state index contributed by atoms with van der Waals surface area (Å²) in [5, 5.41) is 11.5. The van der Waals surface area contributed by atoms with Crippen molar-refractivity contribution in [2.24, 2.45) is 5.92 Å². The summed E-state index contributed by atoms with van der Waals surface area (Å²) in [4.78, 5) is 0. The van der Waals surface area contributed by atoms with Crippen molar-refractivity contribution in [1.29, 1.82) is 0 Å². The molecule has 3 rings (SSSR count). The Bertz CT molecular complexity index is 363. The molecule has 0 radical (unpaired) electrons. The molecule has 4 heteroatoms. The van der Waals surface area contributed by atoms with E-state index in [1.165, 1.54) is 0 Å². The predicted molar refractivity (Wildman–Crippen MR) is 42.3 cm³/mol. The number of aromatic nitrogens is 4. The second-order valence-electron chi connectivity index (χ2n) is 3.18. The van der Waals surface area contributed by atoms with Crippen molar-refractivity contribution >= 4 is 0 Å². The first-order chi connectivity index (χ1) is 5.95. The van der Waals surface area contributed by atoms with Crippen LogP contribution in [-0.2, 0) is 6.54 Å². The lowest BCUT2D eigenvalue weighted by molar-refractivity contribution is 0.527. The maximum Gasteiger partial charge on any atom is 0.158 e. The first kappa shape index (κ1) is 6.11. The van der Waals surface area contributed by atoms with E-state index in [2.05, 4.69) is 39.8 Å². The van der Waals surface area contributed by atoms with E-state index in [1.54, 1.807) is 0 Å². The van der Waals surface area contributed by atoms with Crippen LogP contribution in [-0.4, -0.2) is 20.2 Å². The van der Waals surface area contributed by atoms with E-state index in [0.29, 0.717) is 11.8 Å². The molecule has 0 aromatic carbocycles. The van der Waals surface area contributed by atoms with Gasteiger partial charge < -0.3 is 0 Å². The van der Waals surface area contributed by atoms with Crippen LogP contribution >= 0.6 is 0 Å². The molecule has 0 spiro atoms. The maximum absolute atomic E-state index is 4.00. The molecule has 0 N–H and O–H groups in total. The Morgan fingerprint density at radius 2 is 2.25 bits per heavy atom. The van der Waals surface area contributed by atoms with E-state index >= 15 is 0 Å². The smallest absolute Gasteiger partial charge is 0.158 e. The zero-order chi connectivity index (χ0) is 7.97. The van der Waals surface area contributed by atoms with Crippen LogP contribution in [0.25, 0.3) is 0 Å². The van der Waals surface area contributed by atoms with Crippen LogP contribution < -0.4 is 0 Å². The zero-order valence-electron chi connectivity index (χ0n) is 6.46. The third kappa shape index (κ3) is 0.642. The van der Waals surface area contributed by atoms with E-state index in [4.69, 9.17) is 0 Å². The minimum absolute atomic E-state index is 0.407. The molecule has 1 aliphatic carbocycles. The van der Waals surface area contributed by atoms with Gasteiger partial charge in [0.25, 0.3) is 0 Å². The lowest BCUT2D eigenvalue weighted by Gasteiger charge is -2.11. The van der Waals surface area contributed by atoms with Gasteiger partial charge >= 0.3 is 0 Å². The Labute approximate surface area is 69.6 Å². The maximum atomic E-state index is 4.00. The molecule has 1 aliphatic heterocycles. The summed E-state index contributed by atoms with van der Waals surface area (Å²) in [7, 11) is 0. The standard InChI is InChI=1S/C8H8N4/c1-2-4-7-6(3-1)5-12-8(7)9-10-11-12/h1-4,6-7H,5H2. The van der Waals surface area contributed by atoms with Crippen molar-refractivity contribution in [1.82, 2.24) is 20.2 Å². The van der Waals surface area contributed by atoms with E-state index in [9.17, 15) is 0 Å². The number of tetrazole rings is 1. The Hall–Kier alpha value is -1.45. The molecule has 2 aliphatic rings. The molecular weight excluding hydrogens is 152 g/mol. The fraction of sp³-hybridized carbons (Fsp3) is 0.375. The van der Waals surface area contributed by atoms with Gasteiger partial charge in [0.2, 0.25) is 0 Å². The van der Waals surface area contributed by atoms with Crippen molar-refractivity contribution in [3.63, 3.8) is 0 Å². The SMILES string of the molecule is C1=CC2Cn3nnnc3C2C=C1. The highest BCUT2D eigenvalue weighted by molar-refractivity contribution is 5.24. The van der Waals surface area contributed by atoms with Gasteiger partial charge in [-0.2, -0.15) is 0 Å². The summed E-state index contributed by atoms with van der Waals surface area (Å²) in [6.45, 7) is 0.924. The Morgan fingerprint density at radius 3 is 3.25 bits per heavy atom. The van der Waals surface area contributed by atoms with Gasteiger partial charge in [0.1, 0.15) is 0 Å². The predicted octanol–water partition coefficient (Wildman–Crippen LogP) is 0.512. The van der Waals surface area contributed by atoms with Gasteiger partial charge in [0, 0.05) is 11.8 Å². The highest BCUT2D eigenvalue weighted by Crippen LogP contribution is 2.34. The Balaban J connectivity index is 2.11. The average Bonchev–Trinajstić information content (AvgIpc) is 2.62. The Kier molecular flexibility index (Phi) is 1.03.